The quantitative estimate of drug-likeness (QED) is 0.410. The number of fused-ring (bicyclic) bond motifs is 1. The lowest BCUT2D eigenvalue weighted by Gasteiger charge is -2.20. The number of hydrogen-bond acceptors (Lipinski definition) is 2. The predicted molar refractivity (Wildman–Crippen MR) is 130 cm³/mol. The monoisotopic (exact) mass is 423 g/mol. The third-order valence-electron chi connectivity index (χ3n) is 6.40. The van der Waals surface area contributed by atoms with Crippen molar-refractivity contribution in [3.63, 3.8) is 0 Å². The van der Waals surface area contributed by atoms with E-state index in [1.165, 1.54) is 11.1 Å². The smallest absolute Gasteiger partial charge is 0.227 e. The van der Waals surface area contributed by atoms with Gasteiger partial charge in [0.05, 0.1) is 11.0 Å². The molecule has 1 aliphatic rings. The molecule has 1 aliphatic heterocycles. The van der Waals surface area contributed by atoms with Gasteiger partial charge in [0, 0.05) is 31.1 Å². The van der Waals surface area contributed by atoms with Gasteiger partial charge >= 0.3 is 0 Å². The summed E-state index contributed by atoms with van der Waals surface area (Å²) in [4.78, 5) is 19.8. The molecular formula is C28H29N3O. The van der Waals surface area contributed by atoms with Gasteiger partial charge in [0.1, 0.15) is 5.82 Å². The number of hydrogen-bond donors (Lipinski definition) is 0. The van der Waals surface area contributed by atoms with E-state index in [1.54, 1.807) is 0 Å². The molecule has 162 valence electrons. The molecule has 1 unspecified atom stereocenters. The second kappa shape index (κ2) is 7.94. The Bertz CT molecular complexity index is 1250. The molecule has 2 heterocycles. The first-order valence-electron chi connectivity index (χ1n) is 11.3. The lowest BCUT2D eigenvalue weighted by Crippen LogP contribution is -2.24. The molecule has 1 atom stereocenters. The fourth-order valence-electron chi connectivity index (χ4n) is 4.60. The number of carbonyl (C=O) groups excluding carboxylic acids is 1. The molecular weight excluding hydrogens is 394 g/mol. The Kier molecular flexibility index (Phi) is 5.09. The summed E-state index contributed by atoms with van der Waals surface area (Å²) in [6.45, 7) is 8.11. The number of para-hydroxylation sites is 3. The minimum atomic E-state index is 0.0731. The summed E-state index contributed by atoms with van der Waals surface area (Å²) in [6, 6.07) is 27.1. The number of aromatic nitrogens is 2. The Morgan fingerprint density at radius 2 is 1.59 bits per heavy atom. The van der Waals surface area contributed by atoms with Gasteiger partial charge in [-0.3, -0.25) is 4.79 Å². The molecule has 0 radical (unpaired) electrons. The van der Waals surface area contributed by atoms with Gasteiger partial charge in [0.2, 0.25) is 5.91 Å². The number of rotatable bonds is 4. The zero-order chi connectivity index (χ0) is 22.3. The number of anilines is 1. The van der Waals surface area contributed by atoms with Crippen LogP contribution in [0, 0.1) is 0 Å². The molecule has 0 bridgehead atoms. The van der Waals surface area contributed by atoms with Gasteiger partial charge in [-0.05, 0) is 40.8 Å². The van der Waals surface area contributed by atoms with Crippen LogP contribution in [0.25, 0.3) is 11.0 Å². The molecule has 1 fully saturated rings. The number of imidazole rings is 1. The molecule has 0 saturated carbocycles. The topological polar surface area (TPSA) is 38.1 Å². The second-order valence-corrected chi connectivity index (χ2v) is 9.73. The molecule has 32 heavy (non-hydrogen) atoms. The largest absolute Gasteiger partial charge is 0.323 e. The molecule has 1 saturated heterocycles. The maximum absolute atomic E-state index is 12.9. The van der Waals surface area contributed by atoms with E-state index >= 15 is 0 Å². The fourth-order valence-corrected chi connectivity index (χ4v) is 4.60. The van der Waals surface area contributed by atoms with E-state index in [0.717, 1.165) is 29.1 Å². The first kappa shape index (κ1) is 20.5. The van der Waals surface area contributed by atoms with Crippen molar-refractivity contribution in [3.8, 4) is 0 Å². The van der Waals surface area contributed by atoms with Crippen LogP contribution in [0.4, 0.5) is 5.69 Å². The number of amides is 1. The highest BCUT2D eigenvalue weighted by Crippen LogP contribution is 2.33. The van der Waals surface area contributed by atoms with Crippen LogP contribution in [0.5, 0.6) is 0 Å². The van der Waals surface area contributed by atoms with Crippen molar-refractivity contribution in [1.82, 2.24) is 9.55 Å². The second-order valence-electron chi connectivity index (χ2n) is 9.73. The molecule has 0 aliphatic carbocycles. The average molecular weight is 424 g/mol. The number of carbonyl (C=O) groups is 1. The van der Waals surface area contributed by atoms with Crippen LogP contribution < -0.4 is 4.90 Å². The molecule has 4 nitrogen and oxygen atoms in total. The molecule has 0 N–H and O–H groups in total. The summed E-state index contributed by atoms with van der Waals surface area (Å²) in [5.74, 6) is 1.23. The summed E-state index contributed by atoms with van der Waals surface area (Å²) in [5, 5.41) is 0. The first-order valence-corrected chi connectivity index (χ1v) is 11.3. The van der Waals surface area contributed by atoms with Gasteiger partial charge in [-0.1, -0.05) is 75.4 Å². The zero-order valence-electron chi connectivity index (χ0n) is 19.0. The molecule has 4 heteroatoms. The SMILES string of the molecule is CC(C)(C)c1ccc(Cn2c(C3CC(=O)N(c4ccccc4)C3)nc3ccccc32)cc1. The Morgan fingerprint density at radius 3 is 2.31 bits per heavy atom. The Hall–Kier alpha value is -3.40. The minimum Gasteiger partial charge on any atom is -0.323 e. The molecule has 4 aromatic rings. The summed E-state index contributed by atoms with van der Waals surface area (Å²) >= 11 is 0. The van der Waals surface area contributed by atoms with Crippen LogP contribution in [0.3, 0.4) is 0 Å². The molecule has 1 aromatic heterocycles. The van der Waals surface area contributed by atoms with Crippen LogP contribution in [-0.2, 0) is 16.8 Å². The van der Waals surface area contributed by atoms with E-state index in [0.29, 0.717) is 13.0 Å². The van der Waals surface area contributed by atoms with E-state index in [-0.39, 0.29) is 17.2 Å². The highest BCUT2D eigenvalue weighted by Gasteiger charge is 2.34. The standard InChI is InChI=1S/C28H29N3O/c1-28(2,3)22-15-13-20(14-16-22)18-31-25-12-8-7-11-24(25)29-27(31)21-17-26(32)30(19-21)23-9-5-4-6-10-23/h4-16,21H,17-19H2,1-3H3. The van der Waals surface area contributed by atoms with Gasteiger partial charge in [-0.25, -0.2) is 4.98 Å². The summed E-state index contributed by atoms with van der Waals surface area (Å²) in [7, 11) is 0. The molecule has 3 aromatic carbocycles. The van der Waals surface area contributed by atoms with Crippen molar-refractivity contribution in [2.24, 2.45) is 0 Å². The maximum Gasteiger partial charge on any atom is 0.227 e. The van der Waals surface area contributed by atoms with E-state index in [2.05, 4.69) is 67.8 Å². The van der Waals surface area contributed by atoms with E-state index in [9.17, 15) is 4.79 Å². The van der Waals surface area contributed by atoms with Gasteiger partial charge in [-0.15, -0.1) is 0 Å². The van der Waals surface area contributed by atoms with Gasteiger partial charge in [0.15, 0.2) is 0 Å². The van der Waals surface area contributed by atoms with E-state index in [4.69, 9.17) is 4.98 Å². The molecule has 5 rings (SSSR count). The Balaban J connectivity index is 1.49. The normalized spacial score (nSPS) is 16.8. The van der Waals surface area contributed by atoms with Crippen molar-refractivity contribution >= 4 is 22.6 Å². The summed E-state index contributed by atoms with van der Waals surface area (Å²) in [6.07, 6.45) is 0.487. The highest BCUT2D eigenvalue weighted by atomic mass is 16.2. The van der Waals surface area contributed by atoms with Crippen LogP contribution in [0.2, 0.25) is 0 Å². The Labute approximate surface area is 189 Å². The maximum atomic E-state index is 12.9. The van der Waals surface area contributed by atoms with Crippen molar-refractivity contribution < 1.29 is 4.79 Å². The van der Waals surface area contributed by atoms with Crippen molar-refractivity contribution in [3.05, 3.63) is 95.8 Å². The van der Waals surface area contributed by atoms with Gasteiger partial charge in [-0.2, -0.15) is 0 Å². The van der Waals surface area contributed by atoms with Crippen LogP contribution >= 0.6 is 0 Å². The van der Waals surface area contributed by atoms with E-state index in [1.807, 2.05) is 41.3 Å². The van der Waals surface area contributed by atoms with Crippen LogP contribution in [0.1, 0.15) is 50.1 Å². The van der Waals surface area contributed by atoms with Gasteiger partial charge in [0.25, 0.3) is 0 Å². The predicted octanol–water partition coefficient (Wildman–Crippen LogP) is 5.90. The van der Waals surface area contributed by atoms with Crippen LogP contribution in [0.15, 0.2) is 78.9 Å². The minimum absolute atomic E-state index is 0.0731. The van der Waals surface area contributed by atoms with Crippen molar-refractivity contribution in [2.45, 2.75) is 45.1 Å². The lowest BCUT2D eigenvalue weighted by atomic mass is 9.87. The van der Waals surface area contributed by atoms with Crippen LogP contribution in [-0.4, -0.2) is 22.0 Å². The first-order chi connectivity index (χ1) is 15.4. The lowest BCUT2D eigenvalue weighted by molar-refractivity contribution is -0.117. The van der Waals surface area contributed by atoms with Crippen molar-refractivity contribution in [2.75, 3.05) is 11.4 Å². The number of benzene rings is 3. The average Bonchev–Trinajstić information content (AvgIpc) is 3.35. The fraction of sp³-hybridized carbons (Fsp3) is 0.286. The summed E-state index contributed by atoms with van der Waals surface area (Å²) < 4.78 is 2.30. The summed E-state index contributed by atoms with van der Waals surface area (Å²) in [5.41, 5.74) is 5.77. The third kappa shape index (κ3) is 3.81. The number of nitrogens with zero attached hydrogens (tertiary/aromatic N) is 3. The zero-order valence-corrected chi connectivity index (χ0v) is 19.0. The highest BCUT2D eigenvalue weighted by molar-refractivity contribution is 5.96. The van der Waals surface area contributed by atoms with E-state index < -0.39 is 0 Å². The van der Waals surface area contributed by atoms with Gasteiger partial charge < -0.3 is 9.47 Å². The molecule has 1 amide bonds. The third-order valence-corrected chi connectivity index (χ3v) is 6.40. The van der Waals surface area contributed by atoms with Crippen molar-refractivity contribution in [1.29, 1.82) is 0 Å². The molecule has 0 spiro atoms. The Morgan fingerprint density at radius 1 is 0.906 bits per heavy atom.